The molecule has 0 unspecified atom stereocenters. The molecule has 0 radical (unpaired) electrons. The van der Waals surface area contributed by atoms with Gasteiger partial charge in [0.15, 0.2) is 0 Å². The van der Waals surface area contributed by atoms with Crippen LogP contribution in [0.15, 0.2) is 249 Å². The van der Waals surface area contributed by atoms with Gasteiger partial charge in [-0.1, -0.05) is 187 Å². The van der Waals surface area contributed by atoms with Crippen molar-refractivity contribution in [2.75, 3.05) is 19.6 Å². The molecule has 0 saturated heterocycles. The van der Waals surface area contributed by atoms with Gasteiger partial charge in [0.1, 0.15) is 11.6 Å². The van der Waals surface area contributed by atoms with Gasteiger partial charge in [-0.05, 0) is 116 Å². The quantitative estimate of drug-likeness (QED) is 0.147. The van der Waals surface area contributed by atoms with E-state index in [4.69, 9.17) is 14.7 Å². The Labute approximate surface area is 528 Å². The minimum absolute atomic E-state index is 0. The van der Waals surface area contributed by atoms with Crippen LogP contribution in [0.1, 0.15) is 52.7 Å². The van der Waals surface area contributed by atoms with Crippen LogP contribution in [-0.2, 0) is 31.9 Å². The fourth-order valence-electron chi connectivity index (χ4n) is 13.2. The Kier molecular flexibility index (Phi) is 13.1. The topological polar surface area (TPSA) is 52.9 Å². The van der Waals surface area contributed by atoms with Crippen LogP contribution in [0.2, 0.25) is 0 Å². The summed E-state index contributed by atoms with van der Waals surface area (Å²) in [6.07, 6.45) is 3.80. The first-order valence-electron chi connectivity index (χ1n) is 29.8. The maximum absolute atomic E-state index is 6.88. The summed E-state index contributed by atoms with van der Waals surface area (Å²) in [5, 5.41) is 2.19. The first-order valence-corrected chi connectivity index (χ1v) is 29.8. The molecule has 3 aromatic heterocycles. The zero-order valence-electron chi connectivity index (χ0n) is 49.6. The predicted molar refractivity (Wildman–Crippen MR) is 358 cm³/mol. The van der Waals surface area contributed by atoms with E-state index in [0.29, 0.717) is 11.5 Å². The van der Waals surface area contributed by atoms with Crippen LogP contribution < -0.4 is 24.3 Å². The zero-order valence-corrected chi connectivity index (χ0v) is 51.9. The van der Waals surface area contributed by atoms with Gasteiger partial charge < -0.3 is 28.9 Å². The van der Waals surface area contributed by atoms with E-state index in [1.54, 1.807) is 0 Å². The molecule has 0 atom stereocenters. The van der Waals surface area contributed by atoms with Crippen molar-refractivity contribution in [3.63, 3.8) is 0 Å². The summed E-state index contributed by atoms with van der Waals surface area (Å²) in [5.41, 5.74) is 22.1. The summed E-state index contributed by atoms with van der Waals surface area (Å²) in [6, 6.07) is 92.5. The van der Waals surface area contributed by atoms with Gasteiger partial charge in [0.25, 0.3) is 0 Å². The number of pyridine rings is 2. The number of ether oxygens (including phenoxy) is 1. The largest absolute Gasteiger partial charge is 0.509 e. The van der Waals surface area contributed by atoms with E-state index in [0.717, 1.165) is 107 Å². The third-order valence-electron chi connectivity index (χ3n) is 17.4. The van der Waals surface area contributed by atoms with Crippen molar-refractivity contribution in [3.8, 4) is 61.8 Å². The molecule has 6 heterocycles. The molecular weight excluding hydrogens is 1260 g/mol. The summed E-state index contributed by atoms with van der Waals surface area (Å²) in [7, 11) is 0. The van der Waals surface area contributed by atoms with Crippen LogP contribution >= 0.6 is 0 Å². The minimum Gasteiger partial charge on any atom is -0.509 e. The monoisotopic (exact) mass is 1320 g/mol. The van der Waals surface area contributed by atoms with Crippen molar-refractivity contribution in [3.05, 3.63) is 279 Å². The van der Waals surface area contributed by atoms with Gasteiger partial charge in [0.2, 0.25) is 0 Å². The molecule has 0 fully saturated rings. The number of aromatic nitrogens is 3. The fourth-order valence-corrected chi connectivity index (χ4v) is 13.2. The molecule has 8 nitrogen and oxygen atoms in total. The Morgan fingerprint density at radius 2 is 0.875 bits per heavy atom. The Morgan fingerprint density at radius 3 is 1.42 bits per heavy atom. The molecule has 430 valence electrons. The summed E-state index contributed by atoms with van der Waals surface area (Å²) in [6.45, 7) is 15.8. The van der Waals surface area contributed by atoms with Crippen LogP contribution in [-0.4, -0.2) is 14.5 Å². The van der Waals surface area contributed by atoms with E-state index in [1.165, 1.54) is 33.4 Å². The van der Waals surface area contributed by atoms with Crippen molar-refractivity contribution < 1.29 is 25.8 Å². The van der Waals surface area contributed by atoms with E-state index in [-0.39, 0.29) is 31.9 Å². The molecule has 9 heteroatoms. The molecule has 0 amide bonds. The molecule has 10 aromatic carbocycles. The first kappa shape index (κ1) is 54.6. The van der Waals surface area contributed by atoms with Crippen LogP contribution in [0.25, 0.3) is 72.1 Å². The Balaban J connectivity index is 0.00000650. The molecule has 88 heavy (non-hydrogen) atoms. The zero-order chi connectivity index (χ0) is 58.7. The predicted octanol–water partition coefficient (Wildman–Crippen LogP) is 21.2. The van der Waals surface area contributed by atoms with E-state index in [2.05, 4.69) is 297 Å². The number of benzene rings is 10. The van der Waals surface area contributed by atoms with Crippen molar-refractivity contribution in [1.82, 2.24) is 14.5 Å². The summed E-state index contributed by atoms with van der Waals surface area (Å²) in [4.78, 5) is 19.8. The maximum atomic E-state index is 6.88. The minimum atomic E-state index is -0.303. The van der Waals surface area contributed by atoms with Crippen LogP contribution in [0, 0.1) is 18.8 Å². The van der Waals surface area contributed by atoms with E-state index in [9.17, 15) is 0 Å². The van der Waals surface area contributed by atoms with Gasteiger partial charge in [-0.2, -0.15) is 12.1 Å². The molecule has 0 saturated carbocycles. The number of anilines is 10. The number of hydrogen-bond donors (Lipinski definition) is 0. The second kappa shape index (κ2) is 21.1. The average molecular weight is 1320 g/mol. The second-order valence-electron chi connectivity index (χ2n) is 24.7. The van der Waals surface area contributed by atoms with E-state index < -0.39 is 0 Å². The molecular formula is C79H60N7OPt-3. The molecule has 0 N–H and O–H groups in total. The van der Waals surface area contributed by atoms with Gasteiger partial charge in [-0.25, -0.2) is 9.97 Å². The maximum Gasteiger partial charge on any atom is 0.135 e. The smallest absolute Gasteiger partial charge is 0.135 e. The molecule has 3 aliphatic heterocycles. The van der Waals surface area contributed by atoms with Crippen molar-refractivity contribution >= 4 is 78.8 Å². The number of rotatable bonds is 7. The van der Waals surface area contributed by atoms with Gasteiger partial charge in [-0.3, -0.25) is 0 Å². The van der Waals surface area contributed by atoms with Gasteiger partial charge in [-0.15, -0.1) is 48.1 Å². The number of hydrogen-bond acceptors (Lipinski definition) is 7. The van der Waals surface area contributed by atoms with Crippen molar-refractivity contribution in [2.45, 2.75) is 52.4 Å². The molecule has 0 aliphatic carbocycles. The Bertz CT molecular complexity index is 4620. The van der Waals surface area contributed by atoms with Crippen LogP contribution in [0.3, 0.4) is 0 Å². The summed E-state index contributed by atoms with van der Waals surface area (Å²) < 4.78 is 9.07. The SMILES string of the molecule is CC(C)(C)c1ccnc(-n2c3[c-]c(Oc4[c-]c(N5[CH-]N(c6c(N7c8ccccc8-c8ccccc8-c8ccccc87)cc(C(C)(C)C)cc6N6c7ccccc7-c7ccccc7-c7ccccc76)c6ncccc65)ccc4)ccc3c3ccccc32)c1.[Pt]. The summed E-state index contributed by atoms with van der Waals surface area (Å²) >= 11 is 0. The molecule has 3 aliphatic rings. The number of para-hydroxylation sites is 5. The van der Waals surface area contributed by atoms with Crippen LogP contribution in [0.4, 0.5) is 57.0 Å². The number of nitrogens with zero attached hydrogens (tertiary/aromatic N) is 7. The van der Waals surface area contributed by atoms with E-state index >= 15 is 0 Å². The van der Waals surface area contributed by atoms with E-state index in [1.807, 2.05) is 36.7 Å². The number of fused-ring (bicyclic) bond motifs is 14. The standard InChI is InChI=1S/C79H60N7O.Pt/c1-78(2,3)51-42-44-80-75(47-51)86-70-38-20-15-33-64(70)65-41-40-55(49-72(65)86)87-54-24-21-23-53(48-54)82-50-83(77-71(82)39-22-43-81-77)76-73(84-66-34-16-11-29-60(66)56-25-7-8-26-57(56)61-30-12-17-35-67(61)84)45-52(79(4,5)6)46-74(76)85-68-36-18-13-31-62(68)58-27-9-10-28-59(58)63-32-14-19-37-69(63)85;/h7-47,50H,1-6H3;/q-3;. The molecule has 0 bridgehead atoms. The Morgan fingerprint density at radius 1 is 0.386 bits per heavy atom. The molecule has 13 aromatic rings. The summed E-state index contributed by atoms with van der Waals surface area (Å²) in [5.74, 6) is 2.70. The van der Waals surface area contributed by atoms with Crippen molar-refractivity contribution in [2.24, 2.45) is 0 Å². The molecule has 16 rings (SSSR count). The third-order valence-corrected chi connectivity index (χ3v) is 17.4. The second-order valence-corrected chi connectivity index (χ2v) is 24.7. The van der Waals surface area contributed by atoms with Gasteiger partial charge in [0.05, 0.1) is 45.5 Å². The third kappa shape index (κ3) is 8.91. The molecule has 0 spiro atoms. The Hall–Kier alpha value is -10.0. The fraction of sp³-hybridized carbons (Fsp3) is 0.101. The average Bonchev–Trinajstić information content (AvgIpc) is 1.56. The van der Waals surface area contributed by atoms with Crippen molar-refractivity contribution in [1.29, 1.82) is 0 Å². The van der Waals surface area contributed by atoms with Gasteiger partial charge in [0, 0.05) is 72.7 Å². The first-order chi connectivity index (χ1) is 42.4. The van der Waals surface area contributed by atoms with Crippen LogP contribution in [0.5, 0.6) is 11.5 Å². The normalized spacial score (nSPS) is 13.1. The van der Waals surface area contributed by atoms with Gasteiger partial charge >= 0.3 is 0 Å².